The van der Waals surface area contributed by atoms with Gasteiger partial charge in [-0.05, 0) is 19.9 Å². The van der Waals surface area contributed by atoms with Crippen molar-refractivity contribution in [2.45, 2.75) is 33.5 Å². The van der Waals surface area contributed by atoms with Crippen LogP contribution < -0.4 is 15.4 Å². The number of alkyl halides is 2. The average molecular weight is 354 g/mol. The third-order valence-corrected chi connectivity index (χ3v) is 3.93. The molecule has 2 rings (SSSR count). The summed E-state index contributed by atoms with van der Waals surface area (Å²) in [4.78, 5) is 9.85. The Hall–Kier alpha value is -2.22. The van der Waals surface area contributed by atoms with Gasteiger partial charge >= 0.3 is 6.61 Å². The van der Waals surface area contributed by atoms with Gasteiger partial charge in [0, 0.05) is 23.2 Å². The van der Waals surface area contributed by atoms with E-state index in [1.54, 1.807) is 29.5 Å². The Kier molecular flexibility index (Phi) is 6.92. The number of benzene rings is 1. The van der Waals surface area contributed by atoms with Crippen LogP contribution in [0.1, 0.15) is 22.4 Å². The highest BCUT2D eigenvalue weighted by Gasteiger charge is 2.09. The highest BCUT2D eigenvalue weighted by atomic mass is 32.1. The standard InChI is InChI=1S/C16H20F2N4OS/c1-3-19-16(22-10-14-20-8-11(2)24-14)21-9-12-6-4-5-7-13(12)23-15(17)18/h4-8,15H,3,9-10H2,1-2H3,(H2,19,21,22). The molecule has 0 atom stereocenters. The van der Waals surface area contributed by atoms with E-state index in [4.69, 9.17) is 0 Å². The molecule has 0 saturated carbocycles. The first kappa shape index (κ1) is 18.1. The molecule has 0 aliphatic carbocycles. The van der Waals surface area contributed by atoms with Crippen molar-refractivity contribution in [2.24, 2.45) is 4.99 Å². The number of hydrogen-bond acceptors (Lipinski definition) is 4. The van der Waals surface area contributed by atoms with Crippen molar-refractivity contribution < 1.29 is 13.5 Å². The summed E-state index contributed by atoms with van der Waals surface area (Å²) in [5.41, 5.74) is 0.597. The maximum atomic E-state index is 12.4. The summed E-state index contributed by atoms with van der Waals surface area (Å²) in [6.45, 7) is 2.58. The molecule has 0 radical (unpaired) electrons. The number of nitrogens with zero attached hydrogens (tertiary/aromatic N) is 2. The van der Waals surface area contributed by atoms with Gasteiger partial charge in [-0.1, -0.05) is 18.2 Å². The van der Waals surface area contributed by atoms with Crippen LogP contribution in [0.4, 0.5) is 8.78 Å². The van der Waals surface area contributed by atoms with Crippen molar-refractivity contribution in [2.75, 3.05) is 6.54 Å². The molecule has 1 heterocycles. The highest BCUT2D eigenvalue weighted by Crippen LogP contribution is 2.21. The van der Waals surface area contributed by atoms with Crippen molar-refractivity contribution in [3.63, 3.8) is 0 Å². The molecule has 0 saturated heterocycles. The van der Waals surface area contributed by atoms with E-state index in [2.05, 4.69) is 25.3 Å². The first-order valence-electron chi connectivity index (χ1n) is 7.54. The van der Waals surface area contributed by atoms with Crippen LogP contribution in [0.2, 0.25) is 0 Å². The van der Waals surface area contributed by atoms with E-state index in [1.807, 2.05) is 20.0 Å². The van der Waals surface area contributed by atoms with Gasteiger partial charge in [-0.2, -0.15) is 8.78 Å². The second-order valence-electron chi connectivity index (χ2n) is 4.90. The smallest absolute Gasteiger partial charge is 0.387 e. The number of thiazole rings is 1. The minimum Gasteiger partial charge on any atom is -0.434 e. The molecule has 0 aliphatic rings. The van der Waals surface area contributed by atoms with E-state index in [9.17, 15) is 8.78 Å². The van der Waals surface area contributed by atoms with Crippen molar-refractivity contribution in [1.29, 1.82) is 0 Å². The fraction of sp³-hybridized carbons (Fsp3) is 0.375. The van der Waals surface area contributed by atoms with Crippen LogP contribution in [0.25, 0.3) is 0 Å². The fourth-order valence-corrected chi connectivity index (χ4v) is 2.72. The number of aromatic nitrogens is 1. The van der Waals surface area contributed by atoms with Gasteiger partial charge in [0.1, 0.15) is 10.8 Å². The lowest BCUT2D eigenvalue weighted by Crippen LogP contribution is -2.36. The van der Waals surface area contributed by atoms with E-state index in [0.29, 0.717) is 24.6 Å². The summed E-state index contributed by atoms with van der Waals surface area (Å²) >= 11 is 1.61. The summed E-state index contributed by atoms with van der Waals surface area (Å²) < 4.78 is 29.4. The molecule has 24 heavy (non-hydrogen) atoms. The summed E-state index contributed by atoms with van der Waals surface area (Å²) in [7, 11) is 0. The topological polar surface area (TPSA) is 58.5 Å². The molecule has 0 spiro atoms. The lowest BCUT2D eigenvalue weighted by molar-refractivity contribution is -0.0504. The number of guanidine groups is 1. The molecular weight excluding hydrogens is 334 g/mol. The molecule has 0 fully saturated rings. The lowest BCUT2D eigenvalue weighted by atomic mass is 10.2. The maximum absolute atomic E-state index is 12.4. The Balaban J connectivity index is 2.02. The lowest BCUT2D eigenvalue weighted by Gasteiger charge is -2.12. The zero-order valence-corrected chi connectivity index (χ0v) is 14.4. The van der Waals surface area contributed by atoms with Gasteiger partial charge in [-0.3, -0.25) is 0 Å². The van der Waals surface area contributed by atoms with E-state index >= 15 is 0 Å². The minimum atomic E-state index is -2.85. The Bertz CT molecular complexity index is 676. The molecule has 8 heteroatoms. The largest absolute Gasteiger partial charge is 0.434 e. The van der Waals surface area contributed by atoms with E-state index in [-0.39, 0.29) is 12.3 Å². The van der Waals surface area contributed by atoms with Crippen LogP contribution in [0.15, 0.2) is 35.5 Å². The van der Waals surface area contributed by atoms with Crippen molar-refractivity contribution in [3.05, 3.63) is 45.9 Å². The first-order valence-corrected chi connectivity index (χ1v) is 8.36. The number of aryl methyl sites for hydroxylation is 1. The summed E-state index contributed by atoms with van der Waals surface area (Å²) in [6, 6.07) is 6.64. The second-order valence-corrected chi connectivity index (χ2v) is 6.22. The Morgan fingerprint density at radius 3 is 2.79 bits per heavy atom. The SMILES string of the molecule is CCNC(=NCc1ccccc1OC(F)F)NCc1ncc(C)s1. The van der Waals surface area contributed by atoms with Gasteiger partial charge in [-0.15, -0.1) is 11.3 Å². The average Bonchev–Trinajstić information content (AvgIpc) is 2.96. The summed E-state index contributed by atoms with van der Waals surface area (Å²) in [5, 5.41) is 7.25. The van der Waals surface area contributed by atoms with Crippen molar-refractivity contribution >= 4 is 17.3 Å². The monoisotopic (exact) mass is 354 g/mol. The van der Waals surface area contributed by atoms with Crippen LogP contribution in [0.5, 0.6) is 5.75 Å². The fourth-order valence-electron chi connectivity index (χ4n) is 1.99. The number of rotatable bonds is 7. The molecule has 1 aromatic carbocycles. The zero-order valence-electron chi connectivity index (χ0n) is 13.6. The summed E-state index contributed by atoms with van der Waals surface area (Å²) in [5.74, 6) is 0.736. The van der Waals surface area contributed by atoms with E-state index in [0.717, 1.165) is 9.88 Å². The number of hydrogen-bond donors (Lipinski definition) is 2. The molecule has 2 aromatic rings. The van der Waals surface area contributed by atoms with Gasteiger partial charge in [0.2, 0.25) is 0 Å². The number of halogens is 2. The Morgan fingerprint density at radius 2 is 2.12 bits per heavy atom. The molecule has 2 N–H and O–H groups in total. The zero-order chi connectivity index (χ0) is 17.4. The van der Waals surface area contributed by atoms with Crippen LogP contribution in [-0.2, 0) is 13.1 Å². The third-order valence-electron chi connectivity index (χ3n) is 3.02. The second kappa shape index (κ2) is 9.17. The van der Waals surface area contributed by atoms with Gasteiger partial charge in [0.15, 0.2) is 5.96 Å². The van der Waals surface area contributed by atoms with E-state index in [1.165, 1.54) is 6.07 Å². The number of para-hydroxylation sites is 1. The molecule has 5 nitrogen and oxygen atoms in total. The van der Waals surface area contributed by atoms with Crippen LogP contribution in [0, 0.1) is 6.92 Å². The van der Waals surface area contributed by atoms with Gasteiger partial charge < -0.3 is 15.4 Å². The van der Waals surface area contributed by atoms with Gasteiger partial charge in [0.05, 0.1) is 13.1 Å². The molecule has 0 unspecified atom stereocenters. The Morgan fingerprint density at radius 1 is 1.33 bits per heavy atom. The van der Waals surface area contributed by atoms with Crippen molar-refractivity contribution in [3.8, 4) is 5.75 Å². The van der Waals surface area contributed by atoms with Crippen molar-refractivity contribution in [1.82, 2.24) is 15.6 Å². The number of aliphatic imine (C=N–C) groups is 1. The van der Waals surface area contributed by atoms with Gasteiger partial charge in [0.25, 0.3) is 0 Å². The molecule has 0 bridgehead atoms. The highest BCUT2D eigenvalue weighted by molar-refractivity contribution is 7.11. The Labute approximate surface area is 143 Å². The summed E-state index contributed by atoms with van der Waals surface area (Å²) in [6.07, 6.45) is 1.82. The predicted octanol–water partition coefficient (Wildman–Crippen LogP) is 3.31. The molecule has 0 aliphatic heterocycles. The maximum Gasteiger partial charge on any atom is 0.387 e. The molecule has 0 amide bonds. The predicted molar refractivity (Wildman–Crippen MR) is 91.6 cm³/mol. The number of ether oxygens (including phenoxy) is 1. The van der Waals surface area contributed by atoms with Gasteiger partial charge in [-0.25, -0.2) is 9.98 Å². The van der Waals surface area contributed by atoms with Crippen LogP contribution in [0.3, 0.4) is 0 Å². The molecule has 1 aromatic heterocycles. The quantitative estimate of drug-likeness (QED) is 0.592. The third kappa shape index (κ3) is 5.77. The van der Waals surface area contributed by atoms with Crippen LogP contribution >= 0.6 is 11.3 Å². The van der Waals surface area contributed by atoms with Crippen LogP contribution in [-0.4, -0.2) is 24.1 Å². The first-order chi connectivity index (χ1) is 11.6. The number of nitrogens with one attached hydrogen (secondary N) is 2. The molecule has 130 valence electrons. The van der Waals surface area contributed by atoms with E-state index < -0.39 is 6.61 Å². The minimum absolute atomic E-state index is 0.141. The molecular formula is C16H20F2N4OS. The normalized spacial score (nSPS) is 11.6.